The van der Waals surface area contributed by atoms with Crippen LogP contribution in [-0.4, -0.2) is 26.3 Å². The molecule has 0 radical (unpaired) electrons. The van der Waals surface area contributed by atoms with Crippen LogP contribution in [0.4, 0.5) is 5.69 Å². The third kappa shape index (κ3) is 3.36. The van der Waals surface area contributed by atoms with Gasteiger partial charge in [-0.2, -0.15) is 0 Å². The van der Waals surface area contributed by atoms with E-state index in [2.05, 4.69) is 46.1 Å². The summed E-state index contributed by atoms with van der Waals surface area (Å²) in [5, 5.41) is 0. The molecule has 0 aliphatic carbocycles. The van der Waals surface area contributed by atoms with E-state index in [-0.39, 0.29) is 0 Å². The molecule has 1 atom stereocenters. The Kier molecular flexibility index (Phi) is 4.71. The van der Waals surface area contributed by atoms with E-state index in [1.807, 2.05) is 0 Å². The molecule has 17 heavy (non-hydrogen) atoms. The molecule has 2 nitrogen and oxygen atoms in total. The van der Waals surface area contributed by atoms with Crippen LogP contribution >= 0.6 is 27.5 Å². The normalized spacial score (nSPS) is 19.6. The predicted molar refractivity (Wildman–Crippen MR) is 75.9 cm³/mol. The largest absolute Gasteiger partial charge is 0.376 e. The van der Waals surface area contributed by atoms with Crippen LogP contribution in [0.25, 0.3) is 0 Å². The summed E-state index contributed by atoms with van der Waals surface area (Å²) in [4.78, 5) is 2.23. The maximum absolute atomic E-state index is 5.81. The van der Waals surface area contributed by atoms with Crippen LogP contribution in [0.2, 0.25) is 0 Å². The van der Waals surface area contributed by atoms with E-state index in [9.17, 15) is 0 Å². The monoisotopic (exact) mass is 317 g/mol. The van der Waals surface area contributed by atoms with Crippen molar-refractivity contribution in [3.63, 3.8) is 0 Å². The number of likely N-dealkylation sites (N-methyl/N-ethyl adjacent to an activating group) is 1. The van der Waals surface area contributed by atoms with Gasteiger partial charge >= 0.3 is 0 Å². The fraction of sp³-hybridized carbons (Fsp3) is 0.538. The second kappa shape index (κ2) is 6.07. The van der Waals surface area contributed by atoms with Crippen molar-refractivity contribution in [1.29, 1.82) is 0 Å². The second-order valence-corrected chi connectivity index (χ2v) is 5.56. The number of hydrogen-bond donors (Lipinski definition) is 0. The standard InChI is InChI=1S/C13H17BrClNO/c1-16(9-11-3-2-6-17-11)13-5-4-10(8-15)7-12(13)14/h4-5,7,11H,2-3,6,8-9H2,1H3. The average molecular weight is 319 g/mol. The van der Waals surface area contributed by atoms with Crippen LogP contribution in [-0.2, 0) is 10.6 Å². The number of halogens is 2. The maximum atomic E-state index is 5.81. The molecule has 0 aromatic heterocycles. The Morgan fingerprint density at radius 3 is 2.94 bits per heavy atom. The van der Waals surface area contributed by atoms with Gasteiger partial charge in [0, 0.05) is 30.6 Å². The van der Waals surface area contributed by atoms with Crippen molar-refractivity contribution in [2.24, 2.45) is 0 Å². The van der Waals surface area contributed by atoms with Crippen LogP contribution in [0.15, 0.2) is 22.7 Å². The Morgan fingerprint density at radius 1 is 1.53 bits per heavy atom. The van der Waals surface area contributed by atoms with Crippen molar-refractivity contribution in [3.05, 3.63) is 28.2 Å². The molecule has 1 aliphatic rings. The van der Waals surface area contributed by atoms with E-state index in [1.54, 1.807) is 0 Å². The minimum atomic E-state index is 0.375. The molecular weight excluding hydrogens is 302 g/mol. The van der Waals surface area contributed by atoms with E-state index in [1.165, 1.54) is 18.5 Å². The number of ether oxygens (including phenoxy) is 1. The van der Waals surface area contributed by atoms with Gasteiger partial charge in [0.05, 0.1) is 11.8 Å². The zero-order valence-corrected chi connectivity index (χ0v) is 12.3. The van der Waals surface area contributed by atoms with Crippen LogP contribution in [0.1, 0.15) is 18.4 Å². The number of hydrogen-bond acceptors (Lipinski definition) is 2. The molecule has 1 aromatic rings. The first-order valence-corrected chi connectivity index (χ1v) is 7.20. The van der Waals surface area contributed by atoms with Gasteiger partial charge in [-0.05, 0) is 46.5 Å². The molecule has 1 fully saturated rings. The van der Waals surface area contributed by atoms with Crippen LogP contribution in [0.3, 0.4) is 0 Å². The summed E-state index contributed by atoms with van der Waals surface area (Å²) < 4.78 is 6.75. The number of benzene rings is 1. The Bertz CT molecular complexity index is 380. The molecule has 0 saturated carbocycles. The first-order chi connectivity index (χ1) is 8.20. The number of alkyl halides is 1. The fourth-order valence-corrected chi connectivity index (χ4v) is 3.03. The van der Waals surface area contributed by atoms with Gasteiger partial charge < -0.3 is 9.64 Å². The molecule has 1 aromatic carbocycles. The van der Waals surface area contributed by atoms with Gasteiger partial charge in [0.2, 0.25) is 0 Å². The highest BCUT2D eigenvalue weighted by atomic mass is 79.9. The number of rotatable bonds is 4. The van der Waals surface area contributed by atoms with E-state index >= 15 is 0 Å². The molecule has 1 aliphatic heterocycles. The van der Waals surface area contributed by atoms with Gasteiger partial charge in [-0.3, -0.25) is 0 Å². The number of anilines is 1. The smallest absolute Gasteiger partial charge is 0.0750 e. The van der Waals surface area contributed by atoms with Crippen molar-refractivity contribution in [1.82, 2.24) is 0 Å². The van der Waals surface area contributed by atoms with Gasteiger partial charge in [-0.25, -0.2) is 0 Å². The molecule has 4 heteroatoms. The summed E-state index contributed by atoms with van der Waals surface area (Å²) in [5.74, 6) is 0.550. The first-order valence-electron chi connectivity index (χ1n) is 5.88. The maximum Gasteiger partial charge on any atom is 0.0750 e. The van der Waals surface area contributed by atoms with Crippen molar-refractivity contribution in [3.8, 4) is 0 Å². The SMILES string of the molecule is CN(CC1CCCO1)c1ccc(CCl)cc1Br. The van der Waals surface area contributed by atoms with Gasteiger partial charge in [0.25, 0.3) is 0 Å². The molecule has 0 N–H and O–H groups in total. The fourth-order valence-electron chi connectivity index (χ4n) is 2.14. The summed E-state index contributed by atoms with van der Waals surface area (Å²) >= 11 is 9.41. The molecular formula is C13H17BrClNO. The first kappa shape index (κ1) is 13.2. The molecule has 0 amide bonds. The van der Waals surface area contributed by atoms with Crippen LogP contribution in [0.5, 0.6) is 0 Å². The third-order valence-electron chi connectivity index (χ3n) is 3.08. The molecule has 0 spiro atoms. The molecule has 2 rings (SSSR count). The lowest BCUT2D eigenvalue weighted by Crippen LogP contribution is -2.28. The topological polar surface area (TPSA) is 12.5 Å². The van der Waals surface area contributed by atoms with E-state index in [0.29, 0.717) is 12.0 Å². The third-order valence-corrected chi connectivity index (χ3v) is 4.02. The molecule has 1 heterocycles. The van der Waals surface area contributed by atoms with Crippen molar-refractivity contribution in [2.45, 2.75) is 24.8 Å². The highest BCUT2D eigenvalue weighted by molar-refractivity contribution is 9.10. The summed E-state index contributed by atoms with van der Waals surface area (Å²) in [5.41, 5.74) is 2.32. The van der Waals surface area contributed by atoms with Gasteiger partial charge in [-0.1, -0.05) is 6.07 Å². The highest BCUT2D eigenvalue weighted by Gasteiger charge is 2.18. The lowest BCUT2D eigenvalue weighted by molar-refractivity contribution is 0.116. The quantitative estimate of drug-likeness (QED) is 0.783. The predicted octanol–water partition coefficient (Wildman–Crippen LogP) is 3.80. The minimum absolute atomic E-state index is 0.375. The van der Waals surface area contributed by atoms with E-state index in [0.717, 1.165) is 23.2 Å². The summed E-state index contributed by atoms with van der Waals surface area (Å²) in [6.07, 6.45) is 2.73. The lowest BCUT2D eigenvalue weighted by Gasteiger charge is -2.24. The highest BCUT2D eigenvalue weighted by Crippen LogP contribution is 2.28. The molecule has 1 saturated heterocycles. The van der Waals surface area contributed by atoms with Gasteiger partial charge in [0.1, 0.15) is 0 Å². The van der Waals surface area contributed by atoms with Gasteiger partial charge in [0.15, 0.2) is 0 Å². The van der Waals surface area contributed by atoms with Crippen molar-refractivity contribution >= 4 is 33.2 Å². The van der Waals surface area contributed by atoms with E-state index < -0.39 is 0 Å². The zero-order chi connectivity index (χ0) is 12.3. The zero-order valence-electron chi connectivity index (χ0n) is 9.96. The minimum Gasteiger partial charge on any atom is -0.376 e. The van der Waals surface area contributed by atoms with E-state index in [4.69, 9.17) is 16.3 Å². The summed E-state index contributed by atoms with van der Waals surface area (Å²) in [6, 6.07) is 6.25. The Morgan fingerprint density at radius 2 is 2.35 bits per heavy atom. The average Bonchev–Trinajstić information content (AvgIpc) is 2.81. The Balaban J connectivity index is 2.04. The number of nitrogens with zero attached hydrogens (tertiary/aromatic N) is 1. The Hall–Kier alpha value is -0.250. The summed E-state index contributed by atoms with van der Waals surface area (Å²) in [7, 11) is 2.10. The molecule has 0 bridgehead atoms. The van der Waals surface area contributed by atoms with Crippen LogP contribution < -0.4 is 4.90 Å². The van der Waals surface area contributed by atoms with Crippen LogP contribution in [0, 0.1) is 0 Å². The Labute approximate surface area is 116 Å². The summed E-state index contributed by atoms with van der Waals surface area (Å²) in [6.45, 7) is 1.85. The molecule has 1 unspecified atom stereocenters. The second-order valence-electron chi connectivity index (χ2n) is 4.43. The van der Waals surface area contributed by atoms with Gasteiger partial charge in [-0.15, -0.1) is 11.6 Å². The van der Waals surface area contributed by atoms with Crippen molar-refractivity contribution in [2.75, 3.05) is 25.1 Å². The molecule has 94 valence electrons. The lowest BCUT2D eigenvalue weighted by atomic mass is 10.2. The van der Waals surface area contributed by atoms with Crippen molar-refractivity contribution < 1.29 is 4.74 Å².